The lowest BCUT2D eigenvalue weighted by atomic mass is 10.2. The molecule has 1 amide bonds. The Hall–Kier alpha value is -2.78. The van der Waals surface area contributed by atoms with Crippen LogP contribution < -0.4 is 10.9 Å². The number of hydrogen-bond donors (Lipinski definition) is 1. The van der Waals surface area contributed by atoms with E-state index in [1.54, 1.807) is 17.4 Å². The van der Waals surface area contributed by atoms with Crippen molar-refractivity contribution in [2.75, 3.05) is 0 Å². The van der Waals surface area contributed by atoms with Crippen molar-refractivity contribution in [1.29, 1.82) is 0 Å². The zero-order valence-electron chi connectivity index (χ0n) is 14.0. The Morgan fingerprint density at radius 1 is 1.22 bits per heavy atom. The van der Waals surface area contributed by atoms with Crippen LogP contribution in [0.25, 0.3) is 16.1 Å². The Labute approximate surface area is 166 Å². The van der Waals surface area contributed by atoms with E-state index in [4.69, 9.17) is 0 Å². The van der Waals surface area contributed by atoms with E-state index in [-0.39, 0.29) is 18.0 Å². The normalized spacial score (nSPS) is 11.0. The number of fused-ring (bicyclic) bond motifs is 1. The molecule has 9 heteroatoms. The fraction of sp³-hybridized carbons (Fsp3) is 0.111. The van der Waals surface area contributed by atoms with Gasteiger partial charge in [-0.3, -0.25) is 9.59 Å². The van der Waals surface area contributed by atoms with Crippen LogP contribution in [-0.2, 0) is 17.9 Å². The van der Waals surface area contributed by atoms with E-state index in [1.807, 2.05) is 41.8 Å². The molecule has 27 heavy (non-hydrogen) atoms. The van der Waals surface area contributed by atoms with E-state index in [0.717, 1.165) is 19.6 Å². The molecule has 0 spiro atoms. The highest BCUT2D eigenvalue weighted by Crippen LogP contribution is 2.23. The maximum absolute atomic E-state index is 12.6. The van der Waals surface area contributed by atoms with Gasteiger partial charge in [0.05, 0.1) is 4.88 Å². The molecular formula is C18H14BrN5O2S. The summed E-state index contributed by atoms with van der Waals surface area (Å²) in [5.41, 5.74) is 1.69. The molecule has 0 aliphatic carbocycles. The second-order valence-electron chi connectivity index (χ2n) is 5.80. The number of aromatic nitrogens is 4. The summed E-state index contributed by atoms with van der Waals surface area (Å²) in [6.45, 7) is 0.214. The molecular weight excluding hydrogens is 430 g/mol. The smallest absolute Gasteiger partial charge is 0.293 e. The van der Waals surface area contributed by atoms with Gasteiger partial charge in [0.15, 0.2) is 0 Å². The Balaban J connectivity index is 1.52. The third-order valence-electron chi connectivity index (χ3n) is 3.99. The summed E-state index contributed by atoms with van der Waals surface area (Å²) in [4.78, 5) is 25.8. The summed E-state index contributed by atoms with van der Waals surface area (Å²) in [6.07, 6.45) is 1.44. The molecule has 7 nitrogen and oxygen atoms in total. The van der Waals surface area contributed by atoms with E-state index < -0.39 is 0 Å². The fourth-order valence-corrected chi connectivity index (χ4v) is 3.73. The molecule has 0 aliphatic rings. The van der Waals surface area contributed by atoms with Crippen LogP contribution in [0.3, 0.4) is 0 Å². The molecule has 0 saturated carbocycles. The van der Waals surface area contributed by atoms with E-state index in [2.05, 4.69) is 31.4 Å². The number of amides is 1. The molecule has 0 fully saturated rings. The highest BCUT2D eigenvalue weighted by molar-refractivity contribution is 9.10. The van der Waals surface area contributed by atoms with Gasteiger partial charge in [0.2, 0.25) is 5.91 Å². The van der Waals surface area contributed by atoms with Gasteiger partial charge in [0.1, 0.15) is 24.1 Å². The first kappa shape index (κ1) is 17.6. The molecule has 0 bridgehead atoms. The van der Waals surface area contributed by atoms with Crippen LogP contribution in [0, 0.1) is 0 Å². The first-order valence-electron chi connectivity index (χ1n) is 8.11. The van der Waals surface area contributed by atoms with Crippen LogP contribution >= 0.6 is 27.3 Å². The summed E-state index contributed by atoms with van der Waals surface area (Å²) in [6, 6.07) is 13.2. The summed E-state index contributed by atoms with van der Waals surface area (Å²) < 4.78 is 3.50. The molecule has 136 valence electrons. The van der Waals surface area contributed by atoms with Gasteiger partial charge in [-0.25, -0.2) is 9.20 Å². The summed E-state index contributed by atoms with van der Waals surface area (Å²) >= 11 is 4.99. The van der Waals surface area contributed by atoms with Crippen LogP contribution in [0.1, 0.15) is 5.56 Å². The van der Waals surface area contributed by atoms with Gasteiger partial charge in [-0.15, -0.1) is 11.3 Å². The lowest BCUT2D eigenvalue weighted by molar-refractivity contribution is -0.122. The van der Waals surface area contributed by atoms with Crippen LogP contribution in [0.4, 0.5) is 0 Å². The highest BCUT2D eigenvalue weighted by Gasteiger charge is 2.13. The molecule has 1 aromatic carbocycles. The standard InChI is InChI=1S/C18H14BrN5O2S/c19-13-5-2-1-4-12(13)9-20-17(25)10-23-18(26)15-8-14(16-6-3-7-27-16)22-24(15)11-21-23/h1-8,11H,9-10H2,(H,20,25). The number of benzene rings is 1. The van der Waals surface area contributed by atoms with Crippen molar-refractivity contribution in [3.63, 3.8) is 0 Å². The Morgan fingerprint density at radius 3 is 2.85 bits per heavy atom. The molecule has 0 saturated heterocycles. The van der Waals surface area contributed by atoms with E-state index in [9.17, 15) is 9.59 Å². The van der Waals surface area contributed by atoms with Crippen molar-refractivity contribution in [2.45, 2.75) is 13.1 Å². The number of rotatable bonds is 5. The maximum Gasteiger partial charge on any atom is 0.293 e. The Kier molecular flexibility index (Phi) is 4.87. The molecule has 0 unspecified atom stereocenters. The first-order valence-corrected chi connectivity index (χ1v) is 9.78. The summed E-state index contributed by atoms with van der Waals surface area (Å²) in [5.74, 6) is -0.289. The summed E-state index contributed by atoms with van der Waals surface area (Å²) in [5, 5.41) is 13.2. The maximum atomic E-state index is 12.6. The predicted octanol–water partition coefficient (Wildman–Crippen LogP) is 2.70. The SMILES string of the molecule is O=C(Cn1ncn2nc(-c3cccs3)cc2c1=O)NCc1ccccc1Br. The molecule has 4 aromatic rings. The zero-order chi connectivity index (χ0) is 18.8. The third kappa shape index (κ3) is 3.69. The van der Waals surface area contributed by atoms with Crippen molar-refractivity contribution >= 4 is 38.7 Å². The third-order valence-corrected chi connectivity index (χ3v) is 5.66. The van der Waals surface area contributed by atoms with Crippen LogP contribution in [0.5, 0.6) is 0 Å². The second-order valence-corrected chi connectivity index (χ2v) is 7.60. The van der Waals surface area contributed by atoms with Crippen LogP contribution in [0.15, 0.2) is 63.4 Å². The summed E-state index contributed by atoms with van der Waals surface area (Å²) in [7, 11) is 0. The monoisotopic (exact) mass is 443 g/mol. The Bertz CT molecular complexity index is 1170. The van der Waals surface area contributed by atoms with Crippen molar-refractivity contribution in [1.82, 2.24) is 24.7 Å². The van der Waals surface area contributed by atoms with Gasteiger partial charge in [0.25, 0.3) is 5.56 Å². The van der Waals surface area contributed by atoms with Gasteiger partial charge in [0, 0.05) is 11.0 Å². The van der Waals surface area contributed by atoms with Gasteiger partial charge >= 0.3 is 0 Å². The number of nitrogens with zero attached hydrogens (tertiary/aromatic N) is 4. The minimum Gasteiger partial charge on any atom is -0.350 e. The van der Waals surface area contributed by atoms with Crippen LogP contribution in [0.2, 0.25) is 0 Å². The first-order chi connectivity index (χ1) is 13.1. The average Bonchev–Trinajstić information content (AvgIpc) is 3.33. The number of nitrogens with one attached hydrogen (secondary N) is 1. The molecule has 4 rings (SSSR count). The molecule has 3 aromatic heterocycles. The van der Waals surface area contributed by atoms with E-state index in [1.165, 1.54) is 10.8 Å². The minimum atomic E-state index is -0.358. The molecule has 1 N–H and O–H groups in total. The molecule has 0 atom stereocenters. The van der Waals surface area contributed by atoms with Gasteiger partial charge in [-0.2, -0.15) is 10.2 Å². The predicted molar refractivity (Wildman–Crippen MR) is 107 cm³/mol. The number of halogens is 1. The zero-order valence-corrected chi connectivity index (χ0v) is 16.4. The average molecular weight is 444 g/mol. The van der Waals surface area contributed by atoms with Crippen molar-refractivity contribution in [3.05, 3.63) is 74.6 Å². The van der Waals surface area contributed by atoms with Crippen LogP contribution in [-0.4, -0.2) is 25.3 Å². The fourth-order valence-electron chi connectivity index (χ4n) is 2.62. The number of thiophene rings is 1. The molecule has 0 aliphatic heterocycles. The largest absolute Gasteiger partial charge is 0.350 e. The van der Waals surface area contributed by atoms with Gasteiger partial charge in [-0.1, -0.05) is 40.2 Å². The van der Waals surface area contributed by atoms with Crippen molar-refractivity contribution in [2.24, 2.45) is 0 Å². The van der Waals surface area contributed by atoms with Gasteiger partial charge < -0.3 is 5.32 Å². The lowest BCUT2D eigenvalue weighted by Gasteiger charge is -2.08. The van der Waals surface area contributed by atoms with Crippen molar-refractivity contribution < 1.29 is 4.79 Å². The number of carbonyl (C=O) groups is 1. The minimum absolute atomic E-state index is 0.153. The quantitative estimate of drug-likeness (QED) is 0.513. The van der Waals surface area contributed by atoms with Crippen molar-refractivity contribution in [3.8, 4) is 10.6 Å². The Morgan fingerprint density at radius 2 is 2.07 bits per heavy atom. The van der Waals surface area contributed by atoms with E-state index in [0.29, 0.717) is 17.8 Å². The van der Waals surface area contributed by atoms with E-state index >= 15 is 0 Å². The second kappa shape index (κ2) is 7.45. The number of hydrogen-bond acceptors (Lipinski definition) is 5. The number of carbonyl (C=O) groups excluding carboxylic acids is 1. The van der Waals surface area contributed by atoms with Gasteiger partial charge in [-0.05, 0) is 29.1 Å². The molecule has 3 heterocycles. The lowest BCUT2D eigenvalue weighted by Crippen LogP contribution is -2.34. The molecule has 0 radical (unpaired) electrons. The highest BCUT2D eigenvalue weighted by atomic mass is 79.9. The topological polar surface area (TPSA) is 81.3 Å².